The number of nitrogens with one attached hydrogen (secondary N) is 1. The standard InChI is InChI=1S/C13H21ClN4/c1-7-9(15)10(18-11(14)17-7)16-6-8-12(2,3)13(8,4)5/h8H,6,15H2,1-5H3,(H,16,17,18). The lowest BCUT2D eigenvalue weighted by molar-refractivity contribution is 0.457. The van der Waals surface area contributed by atoms with Gasteiger partial charge in [-0.05, 0) is 35.3 Å². The summed E-state index contributed by atoms with van der Waals surface area (Å²) in [6.07, 6.45) is 0. The van der Waals surface area contributed by atoms with Gasteiger partial charge < -0.3 is 11.1 Å². The van der Waals surface area contributed by atoms with Crippen LogP contribution in [-0.2, 0) is 0 Å². The Labute approximate surface area is 113 Å². The SMILES string of the molecule is Cc1nc(Cl)nc(NCC2C(C)(C)C2(C)C)c1N. The molecule has 0 saturated heterocycles. The van der Waals surface area contributed by atoms with Gasteiger partial charge in [-0.1, -0.05) is 27.7 Å². The minimum atomic E-state index is 0.235. The van der Waals surface area contributed by atoms with Crippen molar-refractivity contribution >= 4 is 23.1 Å². The van der Waals surface area contributed by atoms with E-state index in [1.165, 1.54) is 0 Å². The molecule has 3 N–H and O–H groups in total. The van der Waals surface area contributed by atoms with Crippen molar-refractivity contribution in [3.63, 3.8) is 0 Å². The number of rotatable bonds is 3. The number of nitrogen functional groups attached to an aromatic ring is 1. The zero-order chi connectivity index (χ0) is 13.7. The zero-order valence-corrected chi connectivity index (χ0v) is 12.4. The summed E-state index contributed by atoms with van der Waals surface area (Å²) in [5, 5.41) is 3.54. The van der Waals surface area contributed by atoms with Crippen molar-refractivity contribution in [1.82, 2.24) is 9.97 Å². The fourth-order valence-corrected chi connectivity index (χ4v) is 2.94. The van der Waals surface area contributed by atoms with E-state index in [1.807, 2.05) is 6.92 Å². The summed E-state index contributed by atoms with van der Waals surface area (Å²) < 4.78 is 0. The average molecular weight is 269 g/mol. The zero-order valence-electron chi connectivity index (χ0n) is 11.6. The molecule has 1 aliphatic carbocycles. The fraction of sp³-hybridized carbons (Fsp3) is 0.692. The van der Waals surface area contributed by atoms with Gasteiger partial charge in [0.15, 0.2) is 5.82 Å². The van der Waals surface area contributed by atoms with Gasteiger partial charge in [-0.3, -0.25) is 0 Å². The van der Waals surface area contributed by atoms with E-state index in [4.69, 9.17) is 17.3 Å². The van der Waals surface area contributed by atoms with Crippen LogP contribution < -0.4 is 11.1 Å². The van der Waals surface area contributed by atoms with E-state index in [9.17, 15) is 0 Å². The highest BCUT2D eigenvalue weighted by molar-refractivity contribution is 6.28. The fourth-order valence-electron chi connectivity index (χ4n) is 2.72. The molecule has 1 aliphatic rings. The van der Waals surface area contributed by atoms with Crippen molar-refractivity contribution in [2.75, 3.05) is 17.6 Å². The third-order valence-corrected chi connectivity index (χ3v) is 5.07. The third kappa shape index (κ3) is 1.92. The Bertz CT molecular complexity index is 468. The van der Waals surface area contributed by atoms with E-state index in [2.05, 4.69) is 43.0 Å². The van der Waals surface area contributed by atoms with Gasteiger partial charge in [-0.2, -0.15) is 4.98 Å². The molecule has 1 saturated carbocycles. The predicted octanol–water partition coefficient (Wildman–Crippen LogP) is 3.11. The van der Waals surface area contributed by atoms with Crippen molar-refractivity contribution in [2.45, 2.75) is 34.6 Å². The number of halogens is 1. The molecule has 0 aromatic carbocycles. The monoisotopic (exact) mass is 268 g/mol. The highest BCUT2D eigenvalue weighted by Gasteiger charge is 2.64. The quantitative estimate of drug-likeness (QED) is 0.827. The van der Waals surface area contributed by atoms with E-state index < -0.39 is 0 Å². The van der Waals surface area contributed by atoms with E-state index >= 15 is 0 Å². The molecule has 1 heterocycles. The molecule has 0 radical (unpaired) electrons. The maximum Gasteiger partial charge on any atom is 0.224 e. The smallest absolute Gasteiger partial charge is 0.224 e. The molecule has 1 aromatic heterocycles. The second-order valence-electron chi connectivity index (χ2n) is 6.22. The highest BCUT2D eigenvalue weighted by atomic mass is 35.5. The summed E-state index contributed by atoms with van der Waals surface area (Å²) in [6.45, 7) is 11.9. The summed E-state index contributed by atoms with van der Waals surface area (Å²) in [4.78, 5) is 8.17. The number of hydrogen-bond acceptors (Lipinski definition) is 4. The Morgan fingerprint density at radius 3 is 2.28 bits per heavy atom. The Morgan fingerprint density at radius 2 is 1.78 bits per heavy atom. The van der Waals surface area contributed by atoms with Crippen molar-refractivity contribution in [2.24, 2.45) is 16.7 Å². The first-order chi connectivity index (χ1) is 8.18. The summed E-state index contributed by atoms with van der Waals surface area (Å²) in [5.74, 6) is 1.25. The summed E-state index contributed by atoms with van der Waals surface area (Å²) >= 11 is 5.85. The summed E-state index contributed by atoms with van der Waals surface area (Å²) in [7, 11) is 0. The Morgan fingerprint density at radius 1 is 1.22 bits per heavy atom. The molecular weight excluding hydrogens is 248 g/mol. The maximum atomic E-state index is 5.95. The predicted molar refractivity (Wildman–Crippen MR) is 75.7 cm³/mol. The van der Waals surface area contributed by atoms with Crippen LogP contribution in [0.25, 0.3) is 0 Å². The first kappa shape index (κ1) is 13.4. The Kier molecular flexibility index (Phi) is 2.97. The molecule has 0 amide bonds. The van der Waals surface area contributed by atoms with Crippen molar-refractivity contribution in [1.29, 1.82) is 0 Å². The van der Waals surface area contributed by atoms with Crippen LogP contribution in [0, 0.1) is 23.7 Å². The van der Waals surface area contributed by atoms with Gasteiger partial charge in [0.1, 0.15) is 0 Å². The first-order valence-corrected chi connectivity index (χ1v) is 6.59. The summed E-state index contributed by atoms with van der Waals surface area (Å²) in [6, 6.07) is 0. The van der Waals surface area contributed by atoms with Gasteiger partial charge in [-0.25, -0.2) is 4.98 Å². The topological polar surface area (TPSA) is 63.8 Å². The number of hydrogen-bond donors (Lipinski definition) is 2. The second-order valence-corrected chi connectivity index (χ2v) is 6.56. The number of aromatic nitrogens is 2. The molecule has 5 heteroatoms. The lowest BCUT2D eigenvalue weighted by Gasteiger charge is -2.11. The van der Waals surface area contributed by atoms with Crippen LogP contribution >= 0.6 is 11.6 Å². The largest absolute Gasteiger partial charge is 0.394 e. The van der Waals surface area contributed by atoms with E-state index in [-0.39, 0.29) is 5.28 Å². The first-order valence-electron chi connectivity index (χ1n) is 6.21. The summed E-state index contributed by atoms with van der Waals surface area (Å²) in [5.41, 5.74) is 7.94. The number of anilines is 2. The van der Waals surface area contributed by atoms with Gasteiger partial charge in [0.25, 0.3) is 0 Å². The van der Waals surface area contributed by atoms with Crippen LogP contribution in [0.15, 0.2) is 0 Å². The minimum absolute atomic E-state index is 0.235. The van der Waals surface area contributed by atoms with Crippen LogP contribution in [0.2, 0.25) is 5.28 Å². The molecule has 2 rings (SSSR count). The molecule has 0 aliphatic heterocycles. The van der Waals surface area contributed by atoms with E-state index in [0.29, 0.717) is 33.9 Å². The highest BCUT2D eigenvalue weighted by Crippen LogP contribution is 2.68. The minimum Gasteiger partial charge on any atom is -0.394 e. The van der Waals surface area contributed by atoms with E-state index in [0.717, 1.165) is 6.54 Å². The van der Waals surface area contributed by atoms with E-state index in [1.54, 1.807) is 0 Å². The normalized spacial score (nSPS) is 20.8. The molecule has 0 unspecified atom stereocenters. The molecule has 4 nitrogen and oxygen atoms in total. The Hall–Kier alpha value is -1.03. The van der Waals surface area contributed by atoms with Gasteiger partial charge in [0, 0.05) is 6.54 Å². The van der Waals surface area contributed by atoms with Gasteiger partial charge in [-0.15, -0.1) is 0 Å². The molecule has 18 heavy (non-hydrogen) atoms. The second kappa shape index (κ2) is 3.98. The lowest BCUT2D eigenvalue weighted by atomic mass is 10.0. The van der Waals surface area contributed by atoms with Crippen molar-refractivity contribution in [3.05, 3.63) is 11.0 Å². The van der Waals surface area contributed by atoms with Crippen LogP contribution in [0.4, 0.5) is 11.5 Å². The number of nitrogens with zero attached hydrogens (tertiary/aromatic N) is 2. The van der Waals surface area contributed by atoms with Crippen LogP contribution in [0.1, 0.15) is 33.4 Å². The van der Waals surface area contributed by atoms with Crippen LogP contribution in [0.3, 0.4) is 0 Å². The third-order valence-electron chi connectivity index (χ3n) is 4.90. The maximum absolute atomic E-state index is 5.95. The molecule has 0 atom stereocenters. The van der Waals surface area contributed by atoms with Gasteiger partial charge >= 0.3 is 0 Å². The lowest BCUT2D eigenvalue weighted by Crippen LogP contribution is -2.12. The van der Waals surface area contributed by atoms with Gasteiger partial charge in [0.05, 0.1) is 11.4 Å². The van der Waals surface area contributed by atoms with Crippen LogP contribution in [0.5, 0.6) is 0 Å². The molecule has 1 fully saturated rings. The molecule has 1 aromatic rings. The van der Waals surface area contributed by atoms with Crippen molar-refractivity contribution < 1.29 is 0 Å². The molecular formula is C13H21ClN4. The van der Waals surface area contributed by atoms with Crippen LogP contribution in [-0.4, -0.2) is 16.5 Å². The molecule has 100 valence electrons. The number of nitrogens with two attached hydrogens (primary N) is 1. The van der Waals surface area contributed by atoms with Gasteiger partial charge in [0.2, 0.25) is 5.28 Å². The molecule has 0 spiro atoms. The molecule has 0 bridgehead atoms. The number of aryl methyl sites for hydroxylation is 1. The Balaban J connectivity index is 2.09. The van der Waals surface area contributed by atoms with Crippen molar-refractivity contribution in [3.8, 4) is 0 Å². The average Bonchev–Trinajstić information content (AvgIpc) is 2.62.